The van der Waals surface area contributed by atoms with Crippen molar-refractivity contribution in [1.29, 1.82) is 0 Å². The molecule has 16 heavy (non-hydrogen) atoms. The van der Waals surface area contributed by atoms with E-state index in [1.54, 1.807) is 0 Å². The molecular formula is C9H6BrF3O3. The van der Waals surface area contributed by atoms with Crippen LogP contribution >= 0.6 is 15.9 Å². The van der Waals surface area contributed by atoms with Crippen LogP contribution < -0.4 is 4.74 Å². The first-order valence-electron chi connectivity index (χ1n) is 3.96. The summed E-state index contributed by atoms with van der Waals surface area (Å²) in [7, 11) is 0.990. The summed E-state index contributed by atoms with van der Waals surface area (Å²) in [5, 5.41) is 8.72. The zero-order valence-electron chi connectivity index (χ0n) is 7.93. The number of hydrogen-bond acceptors (Lipinski definition) is 2. The average Bonchev–Trinajstić information content (AvgIpc) is 2.14. The summed E-state index contributed by atoms with van der Waals surface area (Å²) in [5.74, 6) is -2.18. The average molecular weight is 299 g/mol. The van der Waals surface area contributed by atoms with E-state index >= 15 is 0 Å². The minimum absolute atomic E-state index is 0.262. The van der Waals surface area contributed by atoms with Crippen LogP contribution in [0.25, 0.3) is 0 Å². The summed E-state index contributed by atoms with van der Waals surface area (Å²) < 4.78 is 42.2. The highest BCUT2D eigenvalue weighted by Gasteiger charge is 2.38. The van der Waals surface area contributed by atoms with Gasteiger partial charge in [-0.3, -0.25) is 0 Å². The summed E-state index contributed by atoms with van der Waals surface area (Å²) >= 11 is 2.71. The van der Waals surface area contributed by atoms with Gasteiger partial charge in [0.1, 0.15) is 16.9 Å². The summed E-state index contributed by atoms with van der Waals surface area (Å²) in [4.78, 5) is 10.7. The first-order valence-corrected chi connectivity index (χ1v) is 4.75. The Morgan fingerprint density at radius 2 is 2.00 bits per heavy atom. The topological polar surface area (TPSA) is 46.5 Å². The summed E-state index contributed by atoms with van der Waals surface area (Å²) in [6.45, 7) is 0. The van der Waals surface area contributed by atoms with Gasteiger partial charge in [-0.1, -0.05) is 15.9 Å². The number of carboxylic acids is 1. The zero-order valence-corrected chi connectivity index (χ0v) is 9.52. The van der Waals surface area contributed by atoms with Crippen LogP contribution in [0, 0.1) is 0 Å². The molecule has 0 amide bonds. The minimum Gasteiger partial charge on any atom is -0.495 e. The van der Waals surface area contributed by atoms with E-state index in [0.29, 0.717) is 0 Å². The number of hydrogen-bond donors (Lipinski definition) is 1. The molecule has 0 saturated heterocycles. The molecule has 7 heteroatoms. The quantitative estimate of drug-likeness (QED) is 0.912. The van der Waals surface area contributed by atoms with Gasteiger partial charge in [0.05, 0.1) is 7.11 Å². The molecule has 88 valence electrons. The monoisotopic (exact) mass is 298 g/mol. The molecule has 1 aromatic rings. The first kappa shape index (κ1) is 12.8. The fourth-order valence-electron chi connectivity index (χ4n) is 1.20. The Morgan fingerprint density at radius 1 is 1.44 bits per heavy atom. The Labute approximate surface area is 97.0 Å². The van der Waals surface area contributed by atoms with Gasteiger partial charge in [0.2, 0.25) is 0 Å². The molecule has 0 fully saturated rings. The molecule has 0 saturated carbocycles. The van der Waals surface area contributed by atoms with Gasteiger partial charge in [-0.15, -0.1) is 0 Å². The second-order valence-electron chi connectivity index (χ2n) is 2.81. The Bertz CT molecular complexity index is 429. The molecule has 0 radical (unpaired) electrons. The van der Waals surface area contributed by atoms with Gasteiger partial charge < -0.3 is 9.84 Å². The summed E-state index contributed by atoms with van der Waals surface area (Å²) in [6, 6.07) is 2.06. The predicted octanol–water partition coefficient (Wildman–Crippen LogP) is 3.17. The highest BCUT2D eigenvalue weighted by molar-refractivity contribution is 9.10. The van der Waals surface area contributed by atoms with Gasteiger partial charge in [0.25, 0.3) is 0 Å². The van der Waals surface area contributed by atoms with Crippen molar-refractivity contribution in [3.63, 3.8) is 0 Å². The SMILES string of the molecule is COc1c(C(=O)O)ccc(Br)c1C(F)(F)F. The lowest BCUT2D eigenvalue weighted by atomic mass is 10.1. The van der Waals surface area contributed by atoms with E-state index in [2.05, 4.69) is 20.7 Å². The standard InChI is InChI=1S/C9H6BrF3O3/c1-16-7-4(8(14)15)2-3-5(10)6(7)9(11,12)13/h2-3H,1H3,(H,14,15). The highest BCUT2D eigenvalue weighted by Crippen LogP contribution is 2.42. The Morgan fingerprint density at radius 3 is 2.38 bits per heavy atom. The van der Waals surface area contributed by atoms with Crippen LogP contribution in [0.5, 0.6) is 5.75 Å². The predicted molar refractivity (Wildman–Crippen MR) is 52.7 cm³/mol. The minimum atomic E-state index is -4.68. The number of rotatable bonds is 2. The second kappa shape index (κ2) is 4.32. The maximum atomic E-state index is 12.6. The number of aromatic carboxylic acids is 1. The van der Waals surface area contributed by atoms with Gasteiger partial charge in [0, 0.05) is 4.47 Å². The zero-order chi connectivity index (χ0) is 12.5. The Kier molecular flexibility index (Phi) is 3.47. The maximum absolute atomic E-state index is 12.6. The molecule has 0 unspecified atom stereocenters. The molecule has 1 N–H and O–H groups in total. The molecule has 0 bridgehead atoms. The number of benzene rings is 1. The van der Waals surface area contributed by atoms with Crippen LogP contribution in [0.1, 0.15) is 15.9 Å². The van der Waals surface area contributed by atoms with E-state index in [1.807, 2.05) is 0 Å². The number of carboxylic acid groups (broad SMARTS) is 1. The lowest BCUT2D eigenvalue weighted by Gasteiger charge is -2.15. The molecule has 0 aliphatic carbocycles. The van der Waals surface area contributed by atoms with E-state index in [9.17, 15) is 18.0 Å². The molecule has 3 nitrogen and oxygen atoms in total. The number of alkyl halides is 3. The van der Waals surface area contributed by atoms with Crippen LogP contribution in [0.2, 0.25) is 0 Å². The molecule has 0 aliphatic rings. The van der Waals surface area contributed by atoms with E-state index in [0.717, 1.165) is 19.2 Å². The van der Waals surface area contributed by atoms with Crippen LogP contribution in [0.3, 0.4) is 0 Å². The third-order valence-corrected chi connectivity index (χ3v) is 2.49. The Hall–Kier alpha value is -1.24. The van der Waals surface area contributed by atoms with Crippen molar-refractivity contribution >= 4 is 21.9 Å². The fourth-order valence-corrected chi connectivity index (χ4v) is 1.74. The van der Waals surface area contributed by atoms with Gasteiger partial charge >= 0.3 is 12.1 Å². The molecule has 1 rings (SSSR count). The largest absolute Gasteiger partial charge is 0.495 e. The van der Waals surface area contributed by atoms with Crippen LogP contribution in [0.15, 0.2) is 16.6 Å². The number of halogens is 4. The molecule has 1 aromatic carbocycles. The van der Waals surface area contributed by atoms with Gasteiger partial charge in [-0.2, -0.15) is 13.2 Å². The van der Waals surface area contributed by atoms with Crippen LogP contribution in [0.4, 0.5) is 13.2 Å². The maximum Gasteiger partial charge on any atom is 0.421 e. The van der Waals surface area contributed by atoms with E-state index in [-0.39, 0.29) is 4.47 Å². The number of carbonyl (C=O) groups is 1. The molecule has 0 atom stereocenters. The second-order valence-corrected chi connectivity index (χ2v) is 3.66. The van der Waals surface area contributed by atoms with E-state index < -0.39 is 29.0 Å². The molecule has 0 spiro atoms. The van der Waals surface area contributed by atoms with Crippen molar-refractivity contribution in [2.24, 2.45) is 0 Å². The van der Waals surface area contributed by atoms with Crippen molar-refractivity contribution in [2.45, 2.75) is 6.18 Å². The molecule has 0 heterocycles. The van der Waals surface area contributed by atoms with Crippen molar-refractivity contribution < 1.29 is 27.8 Å². The van der Waals surface area contributed by atoms with Gasteiger partial charge in [-0.25, -0.2) is 4.79 Å². The van der Waals surface area contributed by atoms with E-state index in [1.165, 1.54) is 0 Å². The fraction of sp³-hybridized carbons (Fsp3) is 0.222. The van der Waals surface area contributed by atoms with Crippen molar-refractivity contribution in [3.8, 4) is 5.75 Å². The van der Waals surface area contributed by atoms with Gasteiger partial charge in [0.15, 0.2) is 0 Å². The van der Waals surface area contributed by atoms with Crippen LogP contribution in [-0.4, -0.2) is 18.2 Å². The van der Waals surface area contributed by atoms with Gasteiger partial charge in [-0.05, 0) is 12.1 Å². The van der Waals surface area contributed by atoms with Crippen molar-refractivity contribution in [2.75, 3.05) is 7.11 Å². The lowest BCUT2D eigenvalue weighted by molar-refractivity contribution is -0.139. The van der Waals surface area contributed by atoms with Crippen molar-refractivity contribution in [1.82, 2.24) is 0 Å². The van der Waals surface area contributed by atoms with Crippen molar-refractivity contribution in [3.05, 3.63) is 27.7 Å². The lowest BCUT2D eigenvalue weighted by Crippen LogP contribution is -2.12. The smallest absolute Gasteiger partial charge is 0.421 e. The third kappa shape index (κ3) is 2.29. The third-order valence-electron chi connectivity index (χ3n) is 1.82. The molecular weight excluding hydrogens is 293 g/mol. The Balaban J connectivity index is 3.57. The molecule has 0 aliphatic heterocycles. The van der Waals surface area contributed by atoms with E-state index in [4.69, 9.17) is 5.11 Å². The van der Waals surface area contributed by atoms with Crippen LogP contribution in [-0.2, 0) is 6.18 Å². The normalized spacial score (nSPS) is 11.3. The molecule has 0 aromatic heterocycles. The summed E-state index contributed by atoms with van der Waals surface area (Å²) in [6.07, 6.45) is -4.68. The number of methoxy groups -OCH3 is 1. The number of ether oxygens (including phenoxy) is 1. The highest BCUT2D eigenvalue weighted by atomic mass is 79.9. The first-order chi connectivity index (χ1) is 7.29. The summed E-state index contributed by atoms with van der Waals surface area (Å²) in [5.41, 5.74) is -1.66.